The van der Waals surface area contributed by atoms with Crippen LogP contribution in [0, 0.1) is 12.7 Å². The fourth-order valence-corrected chi connectivity index (χ4v) is 3.82. The van der Waals surface area contributed by atoms with Crippen molar-refractivity contribution in [2.45, 2.75) is 39.2 Å². The maximum absolute atomic E-state index is 13.9. The van der Waals surface area contributed by atoms with Crippen LogP contribution in [0.1, 0.15) is 41.4 Å². The third-order valence-corrected chi connectivity index (χ3v) is 5.48. The van der Waals surface area contributed by atoms with Crippen LogP contribution in [0.5, 0.6) is 5.75 Å². The van der Waals surface area contributed by atoms with Crippen LogP contribution in [0.15, 0.2) is 36.4 Å². The first kappa shape index (κ1) is 23.3. The summed E-state index contributed by atoms with van der Waals surface area (Å²) in [4.78, 5) is 36.2. The molecule has 1 atom stereocenters. The molecule has 1 heterocycles. The number of aromatic hydroxyl groups is 1. The number of carbonyl (C=O) groups excluding carboxylic acids is 2. The fraction of sp³-hybridized carbons (Fsp3) is 0.261. The van der Waals surface area contributed by atoms with Crippen molar-refractivity contribution in [2.24, 2.45) is 0 Å². The van der Waals surface area contributed by atoms with Crippen LogP contribution in [-0.4, -0.2) is 38.6 Å². The molecule has 0 spiro atoms. The van der Waals surface area contributed by atoms with E-state index < -0.39 is 23.7 Å². The molecule has 0 bridgehead atoms. The van der Waals surface area contributed by atoms with Crippen molar-refractivity contribution in [1.29, 1.82) is 0 Å². The topological polar surface area (TPSA) is 109 Å². The number of nitrogens with zero attached hydrogens (tertiary/aromatic N) is 1. The van der Waals surface area contributed by atoms with E-state index in [2.05, 4.69) is 5.32 Å². The largest absolute Gasteiger partial charge is 0.508 e. The van der Waals surface area contributed by atoms with Gasteiger partial charge in [-0.25, -0.2) is 4.39 Å². The molecule has 0 unspecified atom stereocenters. The Hall–Kier alpha value is -3.39. The fourth-order valence-electron chi connectivity index (χ4n) is 3.71. The number of nitrogens with one attached hydrogen (secondary N) is 1. The van der Waals surface area contributed by atoms with Crippen LogP contribution in [0.3, 0.4) is 0 Å². The van der Waals surface area contributed by atoms with E-state index in [1.54, 1.807) is 19.9 Å². The number of aromatic nitrogens is 1. The number of amides is 1. The summed E-state index contributed by atoms with van der Waals surface area (Å²) in [6.45, 7) is 3.31. The number of phenols is 1. The van der Waals surface area contributed by atoms with Crippen molar-refractivity contribution in [2.75, 3.05) is 0 Å². The molecule has 0 radical (unpaired) electrons. The predicted molar refractivity (Wildman–Crippen MR) is 118 cm³/mol. The molecule has 0 aliphatic rings. The number of phenolic OH excluding ortho intramolecular Hbond substituents is 1. The predicted octanol–water partition coefficient (Wildman–Crippen LogP) is 4.05. The minimum atomic E-state index is -1.01. The molecule has 3 rings (SSSR count). The van der Waals surface area contributed by atoms with E-state index in [0.29, 0.717) is 22.2 Å². The van der Waals surface area contributed by atoms with Gasteiger partial charge in [0.15, 0.2) is 0 Å². The molecule has 0 aliphatic carbocycles. The van der Waals surface area contributed by atoms with Gasteiger partial charge in [0.25, 0.3) is 5.91 Å². The molecule has 0 saturated heterocycles. The summed E-state index contributed by atoms with van der Waals surface area (Å²) in [6, 6.07) is 7.81. The van der Waals surface area contributed by atoms with Crippen LogP contribution < -0.4 is 5.32 Å². The van der Waals surface area contributed by atoms with Gasteiger partial charge in [-0.05, 0) is 62.2 Å². The number of halogens is 2. The van der Waals surface area contributed by atoms with Crippen LogP contribution in [0.4, 0.5) is 4.39 Å². The summed E-state index contributed by atoms with van der Waals surface area (Å²) in [7, 11) is 0. The van der Waals surface area contributed by atoms with Gasteiger partial charge in [-0.3, -0.25) is 19.0 Å². The van der Waals surface area contributed by atoms with E-state index in [1.165, 1.54) is 28.8 Å². The van der Waals surface area contributed by atoms with Crippen LogP contribution in [0.25, 0.3) is 10.9 Å². The molecular formula is C23H22ClFN2O5. The lowest BCUT2D eigenvalue weighted by atomic mass is 10.0. The molecule has 7 nitrogen and oxygen atoms in total. The Bertz CT molecular complexity index is 1220. The number of rotatable bonds is 7. The average Bonchev–Trinajstić information content (AvgIpc) is 2.97. The highest BCUT2D eigenvalue weighted by atomic mass is 35.5. The van der Waals surface area contributed by atoms with Gasteiger partial charge in [0.1, 0.15) is 11.6 Å². The smallest absolute Gasteiger partial charge is 0.305 e. The molecule has 0 fully saturated rings. The summed E-state index contributed by atoms with van der Waals surface area (Å²) in [6.07, 6.45) is 0.125. The molecule has 32 heavy (non-hydrogen) atoms. The monoisotopic (exact) mass is 460 g/mol. The van der Waals surface area contributed by atoms with Gasteiger partial charge in [0.05, 0.1) is 17.0 Å². The lowest BCUT2D eigenvalue weighted by Crippen LogP contribution is -2.34. The Morgan fingerprint density at radius 1 is 1.19 bits per heavy atom. The molecule has 3 N–H and O–H groups in total. The lowest BCUT2D eigenvalue weighted by molar-refractivity contribution is -0.137. The second kappa shape index (κ2) is 9.40. The number of hydrogen-bond acceptors (Lipinski definition) is 4. The van der Waals surface area contributed by atoms with Crippen molar-refractivity contribution in [3.63, 3.8) is 0 Å². The number of aliphatic carboxylic acids is 1. The van der Waals surface area contributed by atoms with E-state index in [-0.39, 0.29) is 41.5 Å². The summed E-state index contributed by atoms with van der Waals surface area (Å²) >= 11 is 5.72. The van der Waals surface area contributed by atoms with Gasteiger partial charge < -0.3 is 15.5 Å². The Morgan fingerprint density at radius 2 is 1.91 bits per heavy atom. The zero-order valence-electron chi connectivity index (χ0n) is 17.5. The molecule has 1 aromatic heterocycles. The summed E-state index contributed by atoms with van der Waals surface area (Å²) in [5, 5.41) is 21.9. The van der Waals surface area contributed by atoms with Crippen LogP contribution >= 0.6 is 11.6 Å². The number of benzene rings is 2. The first-order chi connectivity index (χ1) is 15.1. The normalized spacial score (nSPS) is 12.0. The van der Waals surface area contributed by atoms with Crippen molar-refractivity contribution >= 4 is 40.3 Å². The molecule has 0 aliphatic heterocycles. The minimum absolute atomic E-state index is 0.000387. The highest BCUT2D eigenvalue weighted by Crippen LogP contribution is 2.31. The number of hydrogen-bond donors (Lipinski definition) is 3. The van der Waals surface area contributed by atoms with Gasteiger partial charge in [-0.15, -0.1) is 0 Å². The highest BCUT2D eigenvalue weighted by Gasteiger charge is 2.22. The van der Waals surface area contributed by atoms with Gasteiger partial charge in [0, 0.05) is 29.1 Å². The summed E-state index contributed by atoms with van der Waals surface area (Å²) in [5.74, 6) is -2.52. The van der Waals surface area contributed by atoms with Crippen LogP contribution in [-0.2, 0) is 16.0 Å². The van der Waals surface area contributed by atoms with E-state index in [9.17, 15) is 23.9 Å². The Kier molecular flexibility index (Phi) is 6.84. The molecule has 9 heteroatoms. The highest BCUT2D eigenvalue weighted by molar-refractivity contribution is 6.30. The second-order valence-electron chi connectivity index (χ2n) is 7.60. The number of fused-ring (bicyclic) bond motifs is 1. The third-order valence-electron chi connectivity index (χ3n) is 5.18. The molecular weight excluding hydrogens is 439 g/mol. The first-order valence-corrected chi connectivity index (χ1v) is 10.3. The third kappa shape index (κ3) is 4.91. The van der Waals surface area contributed by atoms with Gasteiger partial charge in [0.2, 0.25) is 5.91 Å². The molecule has 2 aromatic carbocycles. The second-order valence-corrected chi connectivity index (χ2v) is 8.01. The molecule has 0 saturated carbocycles. The van der Waals surface area contributed by atoms with E-state index >= 15 is 0 Å². The standard InChI is InChI=1S/C23H22ClFN2O5/c1-12(9-22(30)31)26-21(29)8-5-16-13(2)27(20-7-4-15(28)11-17(16)20)23(32)14-3-6-18(24)19(25)10-14/h3-4,6-7,10-12,28H,5,8-9H2,1-2H3,(H,26,29)(H,30,31)/t12-/m0/s1. The molecule has 168 valence electrons. The van der Waals surface area contributed by atoms with Crippen molar-refractivity contribution in [3.8, 4) is 5.75 Å². The number of carboxylic acid groups (broad SMARTS) is 1. The maximum Gasteiger partial charge on any atom is 0.305 e. The van der Waals surface area contributed by atoms with E-state index in [1.807, 2.05) is 0 Å². The maximum atomic E-state index is 13.9. The molecule has 1 amide bonds. The molecule has 3 aromatic rings. The van der Waals surface area contributed by atoms with E-state index in [4.69, 9.17) is 16.7 Å². The van der Waals surface area contributed by atoms with Gasteiger partial charge in [-0.2, -0.15) is 0 Å². The number of carbonyl (C=O) groups is 3. The SMILES string of the molecule is Cc1c(CCC(=O)N[C@@H](C)CC(=O)O)c2cc(O)ccc2n1C(=O)c1ccc(Cl)c(F)c1. The Morgan fingerprint density at radius 3 is 2.56 bits per heavy atom. The first-order valence-electron chi connectivity index (χ1n) is 9.92. The quantitative estimate of drug-likeness (QED) is 0.493. The minimum Gasteiger partial charge on any atom is -0.508 e. The summed E-state index contributed by atoms with van der Waals surface area (Å²) in [5.41, 5.74) is 1.85. The lowest BCUT2D eigenvalue weighted by Gasteiger charge is -2.11. The number of carboxylic acids is 1. The van der Waals surface area contributed by atoms with Gasteiger partial charge >= 0.3 is 5.97 Å². The van der Waals surface area contributed by atoms with Crippen molar-refractivity contribution in [3.05, 3.63) is 64.1 Å². The zero-order chi connectivity index (χ0) is 23.6. The van der Waals surface area contributed by atoms with Crippen molar-refractivity contribution < 1.29 is 29.0 Å². The van der Waals surface area contributed by atoms with E-state index in [0.717, 1.165) is 6.07 Å². The van der Waals surface area contributed by atoms with Crippen LogP contribution in [0.2, 0.25) is 5.02 Å². The van der Waals surface area contributed by atoms with Gasteiger partial charge in [-0.1, -0.05) is 11.6 Å². The van der Waals surface area contributed by atoms with Crippen molar-refractivity contribution in [1.82, 2.24) is 9.88 Å². The Labute approximate surface area is 188 Å². The average molecular weight is 461 g/mol. The zero-order valence-corrected chi connectivity index (χ0v) is 18.2. The Balaban J connectivity index is 1.94. The summed E-state index contributed by atoms with van der Waals surface area (Å²) < 4.78 is 15.3. The number of aryl methyl sites for hydroxylation is 1.